The molecule has 2 heterocycles. The highest BCUT2D eigenvalue weighted by Crippen LogP contribution is 2.25. The van der Waals surface area contributed by atoms with Crippen molar-refractivity contribution in [1.82, 2.24) is 10.2 Å². The van der Waals surface area contributed by atoms with Crippen molar-refractivity contribution >= 4 is 29.9 Å². The maximum absolute atomic E-state index is 13.2. The van der Waals surface area contributed by atoms with E-state index in [1.54, 1.807) is 19.2 Å². The Morgan fingerprint density at radius 2 is 2.10 bits per heavy atom. The zero-order valence-corrected chi connectivity index (χ0v) is 19.6. The van der Waals surface area contributed by atoms with Gasteiger partial charge in [0.15, 0.2) is 5.96 Å². The molecule has 2 fully saturated rings. The van der Waals surface area contributed by atoms with Crippen LogP contribution in [0, 0.1) is 11.7 Å². The molecule has 2 aliphatic rings. The van der Waals surface area contributed by atoms with Crippen LogP contribution in [0.25, 0.3) is 0 Å². The quantitative estimate of drug-likeness (QED) is 0.259. The summed E-state index contributed by atoms with van der Waals surface area (Å²) in [5.41, 5.74) is 0.984. The third kappa shape index (κ3) is 7.66. The van der Waals surface area contributed by atoms with E-state index < -0.39 is 0 Å². The highest BCUT2D eigenvalue weighted by Gasteiger charge is 2.28. The molecular formula is C21H33FIN3O3. The Morgan fingerprint density at radius 3 is 2.79 bits per heavy atom. The molecule has 3 rings (SSSR count). The predicted molar refractivity (Wildman–Crippen MR) is 122 cm³/mol. The second-order valence-corrected chi connectivity index (χ2v) is 7.52. The fourth-order valence-corrected chi connectivity index (χ4v) is 3.66. The van der Waals surface area contributed by atoms with E-state index in [4.69, 9.17) is 14.2 Å². The number of guanidine groups is 1. The van der Waals surface area contributed by atoms with E-state index in [9.17, 15) is 4.39 Å². The molecule has 164 valence electrons. The van der Waals surface area contributed by atoms with Crippen LogP contribution in [0.3, 0.4) is 0 Å². The molecule has 3 unspecified atom stereocenters. The number of halogens is 2. The summed E-state index contributed by atoms with van der Waals surface area (Å²) in [4.78, 5) is 6.64. The van der Waals surface area contributed by atoms with Crippen molar-refractivity contribution in [1.29, 1.82) is 0 Å². The van der Waals surface area contributed by atoms with Crippen molar-refractivity contribution in [3.05, 3.63) is 35.6 Å². The Labute approximate surface area is 190 Å². The maximum Gasteiger partial charge on any atom is 0.193 e. The molecule has 0 saturated carbocycles. The number of hydrogen-bond donors (Lipinski definition) is 1. The summed E-state index contributed by atoms with van der Waals surface area (Å²) >= 11 is 0. The number of aliphatic imine (C=N–C) groups is 1. The van der Waals surface area contributed by atoms with Crippen LogP contribution in [-0.2, 0) is 14.2 Å². The molecule has 0 aliphatic carbocycles. The average Bonchev–Trinajstić information content (AvgIpc) is 3.21. The van der Waals surface area contributed by atoms with E-state index >= 15 is 0 Å². The van der Waals surface area contributed by atoms with Gasteiger partial charge in [-0.2, -0.15) is 0 Å². The van der Waals surface area contributed by atoms with Gasteiger partial charge in [0, 0.05) is 39.3 Å². The fraction of sp³-hybridized carbons (Fsp3) is 0.667. The van der Waals surface area contributed by atoms with Crippen molar-refractivity contribution in [2.75, 3.05) is 53.1 Å². The standard InChI is InChI=1S/C21H32FN3O3.HI/c1-16-12-25(13-20(28-16)18-4-6-19(22)7-5-18)21(23-2)24-9-3-10-26-14-17-8-11-27-15-17;/h4-7,16-17,20H,3,8-15H2,1-2H3,(H,23,24);1H. The minimum Gasteiger partial charge on any atom is -0.381 e. The van der Waals surface area contributed by atoms with Gasteiger partial charge in [0.05, 0.1) is 25.9 Å². The third-order valence-corrected chi connectivity index (χ3v) is 5.14. The smallest absolute Gasteiger partial charge is 0.193 e. The lowest BCUT2D eigenvalue weighted by molar-refractivity contribution is -0.0605. The minimum absolute atomic E-state index is 0. The Kier molecular flexibility index (Phi) is 10.6. The lowest BCUT2D eigenvalue weighted by Crippen LogP contribution is -2.50. The molecule has 2 saturated heterocycles. The van der Waals surface area contributed by atoms with E-state index in [0.29, 0.717) is 12.5 Å². The molecule has 2 aliphatic heterocycles. The lowest BCUT2D eigenvalue weighted by atomic mass is 10.1. The monoisotopic (exact) mass is 521 g/mol. The molecule has 1 aromatic carbocycles. The summed E-state index contributed by atoms with van der Waals surface area (Å²) in [6.45, 7) is 7.53. The first-order valence-corrected chi connectivity index (χ1v) is 10.2. The summed E-state index contributed by atoms with van der Waals surface area (Å²) in [6.07, 6.45) is 2.00. The number of nitrogens with one attached hydrogen (secondary N) is 1. The zero-order valence-electron chi connectivity index (χ0n) is 17.3. The van der Waals surface area contributed by atoms with Crippen LogP contribution in [0.1, 0.15) is 31.4 Å². The Hall–Kier alpha value is -0.970. The summed E-state index contributed by atoms with van der Waals surface area (Å²) in [7, 11) is 1.80. The van der Waals surface area contributed by atoms with E-state index in [-0.39, 0.29) is 42.0 Å². The molecule has 0 spiro atoms. The summed E-state index contributed by atoms with van der Waals surface area (Å²) in [5.74, 6) is 1.19. The Morgan fingerprint density at radius 1 is 1.31 bits per heavy atom. The molecule has 6 nitrogen and oxygen atoms in total. The van der Waals surface area contributed by atoms with Crippen molar-refractivity contribution in [3.63, 3.8) is 0 Å². The van der Waals surface area contributed by atoms with E-state index in [0.717, 1.165) is 63.9 Å². The van der Waals surface area contributed by atoms with Gasteiger partial charge in [-0.25, -0.2) is 4.39 Å². The molecule has 8 heteroatoms. The zero-order chi connectivity index (χ0) is 19.8. The molecule has 0 bridgehead atoms. The molecule has 29 heavy (non-hydrogen) atoms. The maximum atomic E-state index is 13.2. The van der Waals surface area contributed by atoms with E-state index in [1.807, 2.05) is 0 Å². The van der Waals surface area contributed by atoms with Gasteiger partial charge >= 0.3 is 0 Å². The summed E-state index contributed by atoms with van der Waals surface area (Å²) in [6, 6.07) is 6.54. The summed E-state index contributed by atoms with van der Waals surface area (Å²) < 4.78 is 30.4. The van der Waals surface area contributed by atoms with E-state index in [1.165, 1.54) is 12.1 Å². The highest BCUT2D eigenvalue weighted by atomic mass is 127. The second kappa shape index (κ2) is 12.7. The Bertz CT molecular complexity index is 626. The molecule has 0 radical (unpaired) electrons. The Balaban J connectivity index is 0.00000300. The topological polar surface area (TPSA) is 55.3 Å². The van der Waals surface area contributed by atoms with Crippen molar-refractivity contribution in [2.45, 2.75) is 32.0 Å². The first kappa shape index (κ1) is 24.3. The third-order valence-electron chi connectivity index (χ3n) is 5.14. The van der Waals surface area contributed by atoms with Crippen LogP contribution >= 0.6 is 24.0 Å². The molecule has 1 N–H and O–H groups in total. The van der Waals surface area contributed by atoms with Gasteiger partial charge in [0.1, 0.15) is 11.9 Å². The van der Waals surface area contributed by atoms with Crippen LogP contribution < -0.4 is 5.32 Å². The number of nitrogens with zero attached hydrogens (tertiary/aromatic N) is 2. The molecule has 3 atom stereocenters. The SMILES string of the molecule is CN=C(NCCCOCC1CCOC1)N1CC(C)OC(c2ccc(F)cc2)C1.I. The van der Waals surface area contributed by atoms with Crippen molar-refractivity contribution < 1.29 is 18.6 Å². The van der Waals surface area contributed by atoms with Crippen molar-refractivity contribution in [3.8, 4) is 0 Å². The molecular weight excluding hydrogens is 488 g/mol. The van der Waals surface area contributed by atoms with Gasteiger partial charge in [-0.1, -0.05) is 12.1 Å². The first-order valence-electron chi connectivity index (χ1n) is 10.2. The van der Waals surface area contributed by atoms with Gasteiger partial charge in [-0.05, 0) is 37.5 Å². The van der Waals surface area contributed by atoms with Crippen LogP contribution in [0.15, 0.2) is 29.3 Å². The predicted octanol–water partition coefficient (Wildman–Crippen LogP) is 3.22. The second-order valence-electron chi connectivity index (χ2n) is 7.52. The average molecular weight is 521 g/mol. The van der Waals surface area contributed by atoms with Gasteiger partial charge < -0.3 is 24.4 Å². The largest absolute Gasteiger partial charge is 0.381 e. The van der Waals surface area contributed by atoms with E-state index in [2.05, 4.69) is 22.1 Å². The van der Waals surface area contributed by atoms with Crippen LogP contribution in [0.5, 0.6) is 0 Å². The lowest BCUT2D eigenvalue weighted by Gasteiger charge is -2.38. The molecule has 1 aromatic rings. The number of ether oxygens (including phenoxy) is 3. The van der Waals surface area contributed by atoms with Crippen LogP contribution in [0.2, 0.25) is 0 Å². The van der Waals surface area contributed by atoms with Gasteiger partial charge in [-0.3, -0.25) is 4.99 Å². The van der Waals surface area contributed by atoms with Gasteiger partial charge in [-0.15, -0.1) is 24.0 Å². The number of rotatable bonds is 7. The number of hydrogen-bond acceptors (Lipinski definition) is 4. The highest BCUT2D eigenvalue weighted by molar-refractivity contribution is 14.0. The normalized spacial score (nSPS) is 25.0. The molecule has 0 amide bonds. The molecule has 0 aromatic heterocycles. The number of benzene rings is 1. The first-order chi connectivity index (χ1) is 13.7. The van der Waals surface area contributed by atoms with Crippen molar-refractivity contribution in [2.24, 2.45) is 10.9 Å². The number of morpholine rings is 1. The summed E-state index contributed by atoms with van der Waals surface area (Å²) in [5, 5.41) is 3.42. The minimum atomic E-state index is -0.232. The van der Waals surface area contributed by atoms with Crippen LogP contribution in [0.4, 0.5) is 4.39 Å². The fourth-order valence-electron chi connectivity index (χ4n) is 3.66. The van der Waals surface area contributed by atoms with Gasteiger partial charge in [0.25, 0.3) is 0 Å². The van der Waals surface area contributed by atoms with Gasteiger partial charge in [0.2, 0.25) is 0 Å². The van der Waals surface area contributed by atoms with Crippen LogP contribution in [-0.4, -0.2) is 70.1 Å².